The third-order valence-electron chi connectivity index (χ3n) is 6.55. The Kier molecular flexibility index (Phi) is 8.21. The SMILES string of the molecule is CS(=O)(=O)c1ccc(N(CCN2CCC(C(=O)NCc3ccccc3)CC2)c2ccccc2)cc1. The molecule has 1 amide bonds. The van der Waals surface area contributed by atoms with Crippen molar-refractivity contribution in [2.75, 3.05) is 37.3 Å². The van der Waals surface area contributed by atoms with Gasteiger partial charge in [0, 0.05) is 43.2 Å². The quantitative estimate of drug-likeness (QED) is 0.485. The van der Waals surface area contributed by atoms with E-state index in [2.05, 4.69) is 27.2 Å². The molecule has 184 valence electrons. The van der Waals surface area contributed by atoms with Gasteiger partial charge in [-0.3, -0.25) is 4.79 Å². The zero-order chi connectivity index (χ0) is 24.7. The Labute approximate surface area is 208 Å². The number of hydrogen-bond donors (Lipinski definition) is 1. The maximum atomic E-state index is 12.6. The van der Waals surface area contributed by atoms with Crippen LogP contribution in [0.5, 0.6) is 0 Å². The number of benzene rings is 3. The summed E-state index contributed by atoms with van der Waals surface area (Å²) in [6, 6.07) is 27.2. The van der Waals surface area contributed by atoms with Gasteiger partial charge >= 0.3 is 0 Å². The molecular formula is C28H33N3O3S. The first-order valence-electron chi connectivity index (χ1n) is 12.1. The van der Waals surface area contributed by atoms with Crippen molar-refractivity contribution in [3.05, 3.63) is 90.5 Å². The van der Waals surface area contributed by atoms with E-state index in [1.807, 2.05) is 60.7 Å². The van der Waals surface area contributed by atoms with Gasteiger partial charge in [-0.1, -0.05) is 48.5 Å². The molecule has 1 N–H and O–H groups in total. The molecule has 1 heterocycles. The maximum absolute atomic E-state index is 12.6. The minimum atomic E-state index is -3.23. The molecule has 0 spiro atoms. The van der Waals surface area contributed by atoms with Crippen LogP contribution in [0, 0.1) is 5.92 Å². The molecule has 0 radical (unpaired) electrons. The van der Waals surface area contributed by atoms with Gasteiger partial charge in [0.05, 0.1) is 4.90 Å². The fourth-order valence-corrected chi connectivity index (χ4v) is 5.11. The number of para-hydroxylation sites is 1. The molecule has 35 heavy (non-hydrogen) atoms. The van der Waals surface area contributed by atoms with E-state index < -0.39 is 9.84 Å². The number of piperidine rings is 1. The Morgan fingerprint density at radius 1 is 0.886 bits per heavy atom. The Morgan fingerprint density at radius 2 is 1.46 bits per heavy atom. The number of amides is 1. The minimum absolute atomic E-state index is 0.0590. The van der Waals surface area contributed by atoms with Crippen molar-refractivity contribution in [3.8, 4) is 0 Å². The molecular weight excluding hydrogens is 458 g/mol. The summed E-state index contributed by atoms with van der Waals surface area (Å²) in [6.45, 7) is 3.98. The van der Waals surface area contributed by atoms with Crippen LogP contribution in [0.1, 0.15) is 18.4 Å². The molecule has 1 saturated heterocycles. The highest BCUT2D eigenvalue weighted by atomic mass is 32.2. The maximum Gasteiger partial charge on any atom is 0.223 e. The zero-order valence-electron chi connectivity index (χ0n) is 20.1. The van der Waals surface area contributed by atoms with Gasteiger partial charge in [-0.05, 0) is 67.9 Å². The number of nitrogens with zero attached hydrogens (tertiary/aromatic N) is 2. The number of hydrogen-bond acceptors (Lipinski definition) is 5. The summed E-state index contributed by atoms with van der Waals surface area (Å²) in [5, 5.41) is 3.08. The largest absolute Gasteiger partial charge is 0.352 e. The Balaban J connectivity index is 1.33. The van der Waals surface area contributed by atoms with E-state index in [1.54, 1.807) is 12.1 Å². The lowest BCUT2D eigenvalue weighted by Gasteiger charge is -2.34. The average molecular weight is 492 g/mol. The number of rotatable bonds is 9. The number of carbonyl (C=O) groups is 1. The van der Waals surface area contributed by atoms with Crippen molar-refractivity contribution in [3.63, 3.8) is 0 Å². The third kappa shape index (κ3) is 6.93. The van der Waals surface area contributed by atoms with Crippen LogP contribution >= 0.6 is 0 Å². The van der Waals surface area contributed by atoms with Gasteiger partial charge in [0.2, 0.25) is 5.91 Å². The highest BCUT2D eigenvalue weighted by molar-refractivity contribution is 7.90. The van der Waals surface area contributed by atoms with E-state index in [0.29, 0.717) is 11.4 Å². The molecule has 1 aliphatic rings. The summed E-state index contributed by atoms with van der Waals surface area (Å²) in [5.41, 5.74) is 3.14. The molecule has 4 rings (SSSR count). The van der Waals surface area contributed by atoms with Crippen molar-refractivity contribution >= 4 is 27.1 Å². The second-order valence-corrected chi connectivity index (χ2v) is 11.1. The van der Waals surface area contributed by atoms with Crippen LogP contribution in [0.4, 0.5) is 11.4 Å². The monoisotopic (exact) mass is 491 g/mol. The molecule has 6 nitrogen and oxygen atoms in total. The van der Waals surface area contributed by atoms with E-state index in [4.69, 9.17) is 0 Å². The van der Waals surface area contributed by atoms with Gasteiger partial charge < -0.3 is 15.1 Å². The van der Waals surface area contributed by atoms with Crippen molar-refractivity contribution in [1.82, 2.24) is 10.2 Å². The van der Waals surface area contributed by atoms with Gasteiger partial charge in [0.15, 0.2) is 9.84 Å². The molecule has 7 heteroatoms. The third-order valence-corrected chi connectivity index (χ3v) is 7.68. The van der Waals surface area contributed by atoms with Crippen LogP contribution in [0.3, 0.4) is 0 Å². The zero-order valence-corrected chi connectivity index (χ0v) is 21.0. The van der Waals surface area contributed by atoms with E-state index >= 15 is 0 Å². The van der Waals surface area contributed by atoms with E-state index in [-0.39, 0.29) is 11.8 Å². The van der Waals surface area contributed by atoms with E-state index in [0.717, 1.165) is 56.0 Å². The summed E-state index contributed by atoms with van der Waals surface area (Å²) in [6.07, 6.45) is 2.94. The molecule has 0 unspecified atom stereocenters. The first kappa shape index (κ1) is 24.9. The molecule has 1 fully saturated rings. The van der Waals surface area contributed by atoms with Gasteiger partial charge in [-0.25, -0.2) is 8.42 Å². The minimum Gasteiger partial charge on any atom is -0.352 e. The highest BCUT2D eigenvalue weighted by Crippen LogP contribution is 2.27. The fourth-order valence-electron chi connectivity index (χ4n) is 4.48. The molecule has 1 aliphatic heterocycles. The Bertz CT molecular complexity index is 1190. The molecule has 0 atom stereocenters. The lowest BCUT2D eigenvalue weighted by Crippen LogP contribution is -2.42. The first-order valence-corrected chi connectivity index (χ1v) is 14.0. The molecule has 3 aromatic carbocycles. The van der Waals surface area contributed by atoms with Crippen molar-refractivity contribution in [2.24, 2.45) is 5.92 Å². The standard InChI is InChI=1S/C28H33N3O3S/c1-35(33,34)27-14-12-26(13-15-27)31(25-10-6-3-7-11-25)21-20-30-18-16-24(17-19-30)28(32)29-22-23-8-4-2-5-9-23/h2-15,24H,16-22H2,1H3,(H,29,32). The fraction of sp³-hybridized carbons (Fsp3) is 0.321. The molecule has 0 saturated carbocycles. The van der Waals surface area contributed by atoms with Crippen LogP contribution in [0.25, 0.3) is 0 Å². The van der Waals surface area contributed by atoms with E-state index in [9.17, 15) is 13.2 Å². The van der Waals surface area contributed by atoms with Crippen molar-refractivity contribution in [2.45, 2.75) is 24.3 Å². The smallest absolute Gasteiger partial charge is 0.223 e. The second kappa shape index (κ2) is 11.5. The first-order chi connectivity index (χ1) is 16.9. The number of anilines is 2. The Morgan fingerprint density at radius 3 is 2.06 bits per heavy atom. The highest BCUT2D eigenvalue weighted by Gasteiger charge is 2.25. The molecule has 0 bridgehead atoms. The lowest BCUT2D eigenvalue weighted by molar-refractivity contribution is -0.126. The topological polar surface area (TPSA) is 69.7 Å². The molecule has 3 aromatic rings. The van der Waals surface area contributed by atoms with E-state index in [1.165, 1.54) is 6.26 Å². The second-order valence-electron chi connectivity index (χ2n) is 9.07. The number of nitrogens with one attached hydrogen (secondary N) is 1. The van der Waals surface area contributed by atoms with Crippen LogP contribution in [-0.2, 0) is 21.2 Å². The van der Waals surface area contributed by atoms with Crippen LogP contribution in [0.15, 0.2) is 89.8 Å². The predicted octanol–water partition coefficient (Wildman–Crippen LogP) is 4.26. The van der Waals surface area contributed by atoms with Crippen LogP contribution < -0.4 is 10.2 Å². The van der Waals surface area contributed by atoms with Gasteiger partial charge in [-0.2, -0.15) is 0 Å². The predicted molar refractivity (Wildman–Crippen MR) is 140 cm³/mol. The van der Waals surface area contributed by atoms with Crippen molar-refractivity contribution < 1.29 is 13.2 Å². The summed E-state index contributed by atoms with van der Waals surface area (Å²) in [4.78, 5) is 17.6. The van der Waals surface area contributed by atoms with Crippen molar-refractivity contribution in [1.29, 1.82) is 0 Å². The lowest BCUT2D eigenvalue weighted by atomic mass is 9.96. The summed E-state index contributed by atoms with van der Waals surface area (Å²) in [7, 11) is -3.23. The van der Waals surface area contributed by atoms with Crippen LogP contribution in [-0.4, -0.2) is 51.7 Å². The Hall–Kier alpha value is -3.16. The number of likely N-dealkylation sites (tertiary alicyclic amines) is 1. The normalized spacial score (nSPS) is 15.0. The molecule has 0 aliphatic carbocycles. The summed E-state index contributed by atoms with van der Waals surface area (Å²) >= 11 is 0. The van der Waals surface area contributed by atoms with Gasteiger partial charge in [-0.15, -0.1) is 0 Å². The molecule has 0 aromatic heterocycles. The average Bonchev–Trinajstić information content (AvgIpc) is 2.89. The number of carbonyl (C=O) groups excluding carboxylic acids is 1. The van der Waals surface area contributed by atoms with Crippen LogP contribution in [0.2, 0.25) is 0 Å². The summed E-state index contributed by atoms with van der Waals surface area (Å²) in [5.74, 6) is 0.203. The summed E-state index contributed by atoms with van der Waals surface area (Å²) < 4.78 is 23.7. The van der Waals surface area contributed by atoms with Gasteiger partial charge in [0.25, 0.3) is 0 Å². The van der Waals surface area contributed by atoms with Gasteiger partial charge in [0.1, 0.15) is 0 Å². The number of sulfone groups is 1.